The normalized spacial score (nSPS) is 14.3. The Labute approximate surface area is 189 Å². The Balaban J connectivity index is 3.55. The number of nitrogens with zero attached hydrogens (tertiary/aromatic N) is 1. The molecule has 0 aromatic heterocycles. The Morgan fingerprint density at radius 1 is 0.633 bits per heavy atom. The van der Waals surface area contributed by atoms with Gasteiger partial charge in [-0.25, -0.2) is 9.13 Å². The number of hydrogen-bond acceptors (Lipinski definition) is 2. The fourth-order valence-electron chi connectivity index (χ4n) is 4.45. The predicted octanol–water partition coefficient (Wildman–Crippen LogP) is 9.18. The molecule has 0 amide bonds. The molecule has 4 heteroatoms. The standard InChI is InChI=1S/C26H53NO2P/c1-6-8-9-10-11-12-13-14-15-16-17-18-19-20-21-22-23-24-25-26(7-2,30(28)29)27(3,4)5/h10-11H,6-9,12-25H2,1-5H3/q+1. The van der Waals surface area contributed by atoms with E-state index in [4.69, 9.17) is 0 Å². The third-order valence-electron chi connectivity index (χ3n) is 6.74. The van der Waals surface area contributed by atoms with Crippen LogP contribution in [0.5, 0.6) is 0 Å². The second-order valence-electron chi connectivity index (χ2n) is 10.0. The molecule has 0 aromatic rings. The summed E-state index contributed by atoms with van der Waals surface area (Å²) >= 11 is 0. The summed E-state index contributed by atoms with van der Waals surface area (Å²) in [6.45, 7) is 4.27. The first-order valence-electron chi connectivity index (χ1n) is 12.9. The van der Waals surface area contributed by atoms with Crippen molar-refractivity contribution in [2.45, 2.75) is 135 Å². The van der Waals surface area contributed by atoms with E-state index in [0.717, 1.165) is 19.3 Å². The van der Waals surface area contributed by atoms with E-state index in [1.807, 2.05) is 28.1 Å². The molecule has 0 rings (SSSR count). The first kappa shape index (κ1) is 29.6. The van der Waals surface area contributed by atoms with Crippen LogP contribution in [-0.4, -0.2) is 30.9 Å². The SMILES string of the molecule is CCCCC=CCCCCCCCCCCCCCCC(CC)(P(=O)=O)[N+](C)(C)C. The maximum atomic E-state index is 11.9. The van der Waals surface area contributed by atoms with Gasteiger partial charge in [0.05, 0.1) is 21.1 Å². The number of rotatable bonds is 21. The Morgan fingerprint density at radius 2 is 1.03 bits per heavy atom. The van der Waals surface area contributed by atoms with Crippen LogP contribution in [0.2, 0.25) is 0 Å². The molecule has 0 bridgehead atoms. The molecule has 0 spiro atoms. The molecule has 0 saturated carbocycles. The van der Waals surface area contributed by atoms with Gasteiger partial charge in [-0.05, 0) is 25.7 Å². The molecular formula is C26H53NO2P+. The van der Waals surface area contributed by atoms with Crippen molar-refractivity contribution in [1.82, 2.24) is 0 Å². The van der Waals surface area contributed by atoms with Crippen LogP contribution in [-0.2, 0) is 9.13 Å². The molecule has 178 valence electrons. The van der Waals surface area contributed by atoms with Gasteiger partial charge in [-0.15, -0.1) is 0 Å². The largest absolute Gasteiger partial charge is 0.378 e. The number of unbranched alkanes of at least 4 members (excludes halogenated alkanes) is 14. The zero-order chi connectivity index (χ0) is 22.7. The minimum Gasteiger partial charge on any atom is -0.314 e. The smallest absolute Gasteiger partial charge is 0.314 e. The number of quaternary nitrogens is 1. The Kier molecular flexibility index (Phi) is 18.0. The lowest BCUT2D eigenvalue weighted by atomic mass is 10.0. The van der Waals surface area contributed by atoms with Crippen molar-refractivity contribution in [2.75, 3.05) is 21.1 Å². The Bertz CT molecular complexity index is 486. The highest BCUT2D eigenvalue weighted by Gasteiger charge is 2.46. The minimum absolute atomic E-state index is 0.512. The van der Waals surface area contributed by atoms with Crippen LogP contribution >= 0.6 is 7.68 Å². The summed E-state index contributed by atoms with van der Waals surface area (Å²) in [5.74, 6) is 0. The van der Waals surface area contributed by atoms with E-state index >= 15 is 0 Å². The Hall–Kier alpha value is -0.400. The highest BCUT2D eigenvalue weighted by atomic mass is 31.1. The van der Waals surface area contributed by atoms with Crippen LogP contribution in [0.25, 0.3) is 0 Å². The van der Waals surface area contributed by atoms with Gasteiger partial charge in [-0.1, -0.05) is 103 Å². The molecule has 0 aromatic carbocycles. The Morgan fingerprint density at radius 3 is 1.40 bits per heavy atom. The highest BCUT2D eigenvalue weighted by Crippen LogP contribution is 2.43. The first-order chi connectivity index (χ1) is 14.3. The fraction of sp³-hybridized carbons (Fsp3) is 0.923. The molecule has 0 radical (unpaired) electrons. The molecule has 0 heterocycles. The summed E-state index contributed by atoms with van der Waals surface area (Å²) < 4.78 is 24.4. The maximum Gasteiger partial charge on any atom is 0.378 e. The second kappa shape index (κ2) is 18.2. The molecule has 0 saturated heterocycles. The molecule has 1 atom stereocenters. The third-order valence-corrected chi connectivity index (χ3v) is 8.56. The fourth-order valence-corrected chi connectivity index (χ4v) is 5.54. The van der Waals surface area contributed by atoms with Gasteiger partial charge in [0.15, 0.2) is 0 Å². The summed E-state index contributed by atoms with van der Waals surface area (Å²) in [5.41, 5.74) is 0. The molecule has 3 nitrogen and oxygen atoms in total. The van der Waals surface area contributed by atoms with E-state index in [9.17, 15) is 9.13 Å². The van der Waals surface area contributed by atoms with E-state index in [0.29, 0.717) is 10.9 Å². The van der Waals surface area contributed by atoms with Crippen molar-refractivity contribution in [1.29, 1.82) is 0 Å². The molecular weight excluding hydrogens is 389 g/mol. The van der Waals surface area contributed by atoms with Gasteiger partial charge in [0.2, 0.25) is 5.28 Å². The summed E-state index contributed by atoms with van der Waals surface area (Å²) in [5, 5.41) is -0.597. The van der Waals surface area contributed by atoms with Gasteiger partial charge < -0.3 is 4.48 Å². The van der Waals surface area contributed by atoms with Crippen molar-refractivity contribution < 1.29 is 13.6 Å². The third kappa shape index (κ3) is 13.1. The van der Waals surface area contributed by atoms with Crippen molar-refractivity contribution in [3.63, 3.8) is 0 Å². The zero-order valence-corrected chi connectivity index (χ0v) is 22.0. The summed E-state index contributed by atoms with van der Waals surface area (Å²) in [6.07, 6.45) is 27.2. The van der Waals surface area contributed by atoms with E-state index in [-0.39, 0.29) is 0 Å². The molecule has 30 heavy (non-hydrogen) atoms. The van der Waals surface area contributed by atoms with Crippen LogP contribution < -0.4 is 0 Å². The molecule has 0 aliphatic rings. The van der Waals surface area contributed by atoms with Gasteiger partial charge in [0.1, 0.15) is 0 Å². The van der Waals surface area contributed by atoms with Crippen molar-refractivity contribution in [3.8, 4) is 0 Å². The van der Waals surface area contributed by atoms with Gasteiger partial charge in [0, 0.05) is 12.8 Å². The van der Waals surface area contributed by atoms with Gasteiger partial charge in [0.25, 0.3) is 0 Å². The van der Waals surface area contributed by atoms with Gasteiger partial charge >= 0.3 is 7.68 Å². The van der Waals surface area contributed by atoms with Crippen molar-refractivity contribution in [2.24, 2.45) is 0 Å². The van der Waals surface area contributed by atoms with E-state index in [1.165, 1.54) is 89.9 Å². The topological polar surface area (TPSA) is 34.1 Å². The molecule has 0 N–H and O–H groups in total. The lowest BCUT2D eigenvalue weighted by Crippen LogP contribution is -2.53. The van der Waals surface area contributed by atoms with Crippen LogP contribution in [0, 0.1) is 0 Å². The average Bonchev–Trinajstić information content (AvgIpc) is 2.68. The van der Waals surface area contributed by atoms with Crippen LogP contribution in [0.1, 0.15) is 129 Å². The quantitative estimate of drug-likeness (QED) is 0.0768. The second-order valence-corrected chi connectivity index (χ2v) is 11.3. The van der Waals surface area contributed by atoms with Crippen LogP contribution in [0.4, 0.5) is 0 Å². The van der Waals surface area contributed by atoms with Crippen LogP contribution in [0.3, 0.4) is 0 Å². The summed E-state index contributed by atoms with van der Waals surface area (Å²) in [7, 11) is 3.63. The zero-order valence-electron chi connectivity index (χ0n) is 21.1. The number of hydrogen-bond donors (Lipinski definition) is 0. The lowest BCUT2D eigenvalue weighted by Gasteiger charge is -2.40. The lowest BCUT2D eigenvalue weighted by molar-refractivity contribution is -0.908. The van der Waals surface area contributed by atoms with E-state index in [1.54, 1.807) is 0 Å². The van der Waals surface area contributed by atoms with E-state index < -0.39 is 13.0 Å². The molecule has 1 unspecified atom stereocenters. The summed E-state index contributed by atoms with van der Waals surface area (Å²) in [6, 6.07) is 0. The molecule has 0 aliphatic carbocycles. The maximum absolute atomic E-state index is 11.9. The summed E-state index contributed by atoms with van der Waals surface area (Å²) in [4.78, 5) is 0. The van der Waals surface area contributed by atoms with Crippen molar-refractivity contribution >= 4 is 7.68 Å². The van der Waals surface area contributed by atoms with Crippen LogP contribution in [0.15, 0.2) is 12.2 Å². The van der Waals surface area contributed by atoms with Gasteiger partial charge in [-0.2, -0.15) is 0 Å². The first-order valence-corrected chi connectivity index (χ1v) is 14.1. The predicted molar refractivity (Wildman–Crippen MR) is 133 cm³/mol. The average molecular weight is 443 g/mol. The monoisotopic (exact) mass is 442 g/mol. The highest BCUT2D eigenvalue weighted by molar-refractivity contribution is 7.32. The van der Waals surface area contributed by atoms with E-state index in [2.05, 4.69) is 19.1 Å². The number of allylic oxidation sites excluding steroid dienone is 2. The minimum atomic E-state index is -2.41. The van der Waals surface area contributed by atoms with Crippen molar-refractivity contribution in [3.05, 3.63) is 12.2 Å². The molecule has 0 aliphatic heterocycles. The van der Waals surface area contributed by atoms with Gasteiger partial charge in [-0.3, -0.25) is 0 Å². The molecule has 0 fully saturated rings.